The second kappa shape index (κ2) is 5.91. The third kappa shape index (κ3) is 2.59. The largest absolute Gasteiger partial charge is 0.367 e. The zero-order chi connectivity index (χ0) is 14.7. The van der Waals surface area contributed by atoms with E-state index in [-0.39, 0.29) is 5.56 Å². The summed E-state index contributed by atoms with van der Waals surface area (Å²) in [5.41, 5.74) is 2.15. The van der Waals surface area contributed by atoms with Gasteiger partial charge in [-0.25, -0.2) is 9.89 Å². The van der Waals surface area contributed by atoms with Crippen molar-refractivity contribution in [1.82, 2.24) is 15.5 Å². The van der Waals surface area contributed by atoms with Crippen molar-refractivity contribution in [3.05, 3.63) is 45.9 Å². The van der Waals surface area contributed by atoms with Crippen molar-refractivity contribution < 1.29 is 4.79 Å². The maximum atomic E-state index is 12.3. The fourth-order valence-corrected chi connectivity index (χ4v) is 2.69. The molecule has 2 aliphatic rings. The molecule has 2 N–H and O–H groups in total. The summed E-state index contributed by atoms with van der Waals surface area (Å²) in [7, 11) is 0. The van der Waals surface area contributed by atoms with Gasteiger partial charge in [-0.2, -0.15) is 5.10 Å². The van der Waals surface area contributed by atoms with Crippen LogP contribution in [-0.2, 0) is 4.79 Å². The summed E-state index contributed by atoms with van der Waals surface area (Å²) >= 11 is 0. The van der Waals surface area contributed by atoms with Crippen molar-refractivity contribution in [1.29, 1.82) is 0 Å². The Hall–Kier alpha value is -2.43. The number of anilines is 1. The molecule has 3 rings (SSSR count). The number of allylic oxidation sites excluding steroid dienone is 5. The number of nitrogens with zero attached hydrogens (tertiary/aromatic N) is 2. The lowest BCUT2D eigenvalue weighted by Crippen LogP contribution is -2.44. The van der Waals surface area contributed by atoms with E-state index in [0.29, 0.717) is 23.1 Å². The molecule has 108 valence electrons. The summed E-state index contributed by atoms with van der Waals surface area (Å²) in [6, 6.07) is 0. The molecule has 1 saturated heterocycles. The van der Waals surface area contributed by atoms with Gasteiger partial charge in [0.05, 0.1) is 17.4 Å². The summed E-state index contributed by atoms with van der Waals surface area (Å²) in [4.78, 5) is 25.5. The molecular formula is C15H16N4O2. The minimum absolute atomic E-state index is 0.277. The molecule has 1 aliphatic carbocycles. The van der Waals surface area contributed by atoms with E-state index in [2.05, 4.69) is 20.4 Å². The SMILES string of the molecule is O=C=C1CC=CC=C1c1c(N2CCNCC2)cn[nH]c1=O. The number of aromatic nitrogens is 2. The molecule has 0 aromatic carbocycles. The summed E-state index contributed by atoms with van der Waals surface area (Å²) in [5.74, 6) is 1.95. The van der Waals surface area contributed by atoms with E-state index < -0.39 is 0 Å². The average molecular weight is 284 g/mol. The highest BCUT2D eigenvalue weighted by Gasteiger charge is 2.22. The molecule has 0 spiro atoms. The van der Waals surface area contributed by atoms with E-state index in [1.807, 2.05) is 18.1 Å². The number of carbonyl (C=O) groups excluding carboxylic acids is 1. The molecule has 6 heteroatoms. The number of rotatable bonds is 2. The molecule has 1 fully saturated rings. The van der Waals surface area contributed by atoms with Crippen LogP contribution in [0.25, 0.3) is 5.57 Å². The predicted octanol–water partition coefficient (Wildman–Crippen LogP) is 0.281. The fourth-order valence-electron chi connectivity index (χ4n) is 2.69. The number of piperazine rings is 1. The van der Waals surface area contributed by atoms with Crippen molar-refractivity contribution in [2.24, 2.45) is 0 Å². The highest BCUT2D eigenvalue weighted by atomic mass is 16.1. The Bertz CT molecular complexity index is 705. The highest BCUT2D eigenvalue weighted by Crippen LogP contribution is 2.31. The normalized spacial score (nSPS) is 18.4. The number of nitrogens with one attached hydrogen (secondary N) is 2. The second-order valence-electron chi connectivity index (χ2n) is 4.99. The van der Waals surface area contributed by atoms with Crippen LogP contribution < -0.4 is 15.8 Å². The van der Waals surface area contributed by atoms with Crippen LogP contribution >= 0.6 is 0 Å². The molecule has 0 atom stereocenters. The molecule has 2 heterocycles. The van der Waals surface area contributed by atoms with E-state index >= 15 is 0 Å². The topological polar surface area (TPSA) is 78.1 Å². The first kappa shape index (κ1) is 13.5. The van der Waals surface area contributed by atoms with Crippen molar-refractivity contribution in [2.75, 3.05) is 31.1 Å². The maximum absolute atomic E-state index is 12.3. The molecule has 0 unspecified atom stereocenters. The van der Waals surface area contributed by atoms with Gasteiger partial charge in [0.2, 0.25) is 0 Å². The zero-order valence-corrected chi connectivity index (χ0v) is 11.6. The molecule has 0 amide bonds. The Morgan fingerprint density at radius 2 is 2.10 bits per heavy atom. The van der Waals surface area contributed by atoms with Gasteiger partial charge in [0.15, 0.2) is 0 Å². The van der Waals surface area contributed by atoms with Gasteiger partial charge in [0, 0.05) is 43.7 Å². The quantitative estimate of drug-likeness (QED) is 0.763. The minimum atomic E-state index is -0.277. The average Bonchev–Trinajstić information content (AvgIpc) is 2.55. The summed E-state index contributed by atoms with van der Waals surface area (Å²) in [5, 5.41) is 9.66. The van der Waals surface area contributed by atoms with Crippen molar-refractivity contribution in [3.63, 3.8) is 0 Å². The lowest BCUT2D eigenvalue weighted by molar-refractivity contribution is 0.567. The monoisotopic (exact) mass is 284 g/mol. The van der Waals surface area contributed by atoms with Crippen LogP contribution in [0.15, 0.2) is 34.8 Å². The molecular weight excluding hydrogens is 268 g/mol. The molecule has 0 saturated carbocycles. The summed E-state index contributed by atoms with van der Waals surface area (Å²) < 4.78 is 0. The summed E-state index contributed by atoms with van der Waals surface area (Å²) in [6.45, 7) is 3.34. The molecule has 6 nitrogen and oxygen atoms in total. The van der Waals surface area contributed by atoms with Gasteiger partial charge in [0.25, 0.3) is 5.56 Å². The Kier molecular flexibility index (Phi) is 3.81. The van der Waals surface area contributed by atoms with Crippen molar-refractivity contribution >= 4 is 17.2 Å². The smallest absolute Gasteiger partial charge is 0.274 e. The Balaban J connectivity index is 2.13. The van der Waals surface area contributed by atoms with Crippen LogP contribution in [0.4, 0.5) is 5.69 Å². The van der Waals surface area contributed by atoms with E-state index in [1.54, 1.807) is 12.3 Å². The second-order valence-corrected chi connectivity index (χ2v) is 4.99. The molecule has 1 aromatic heterocycles. The number of hydrogen-bond acceptors (Lipinski definition) is 5. The Morgan fingerprint density at radius 3 is 2.86 bits per heavy atom. The first-order chi connectivity index (χ1) is 10.3. The van der Waals surface area contributed by atoms with Crippen LogP contribution in [0, 0.1) is 0 Å². The van der Waals surface area contributed by atoms with Crippen molar-refractivity contribution in [2.45, 2.75) is 6.42 Å². The number of aromatic amines is 1. The third-order valence-electron chi connectivity index (χ3n) is 3.73. The number of H-pyrrole nitrogens is 1. The third-order valence-corrected chi connectivity index (χ3v) is 3.73. The number of hydrogen-bond donors (Lipinski definition) is 2. The van der Waals surface area contributed by atoms with Gasteiger partial charge in [-0.15, -0.1) is 0 Å². The van der Waals surface area contributed by atoms with Gasteiger partial charge < -0.3 is 10.2 Å². The lowest BCUT2D eigenvalue weighted by Gasteiger charge is -2.30. The van der Waals surface area contributed by atoms with Crippen molar-refractivity contribution in [3.8, 4) is 0 Å². The molecule has 0 bridgehead atoms. The van der Waals surface area contributed by atoms with E-state index in [0.717, 1.165) is 31.9 Å². The fraction of sp³-hybridized carbons (Fsp3) is 0.333. The Morgan fingerprint density at radius 1 is 1.29 bits per heavy atom. The predicted molar refractivity (Wildman–Crippen MR) is 80.9 cm³/mol. The van der Waals surface area contributed by atoms with E-state index in [1.165, 1.54) is 0 Å². The first-order valence-electron chi connectivity index (χ1n) is 6.96. The Labute approximate surface area is 121 Å². The van der Waals surface area contributed by atoms with Gasteiger partial charge in [-0.1, -0.05) is 18.2 Å². The standard InChI is InChI=1S/C15H16N4O2/c20-10-11-3-1-2-4-12(11)14-13(9-17-18-15(14)21)19-7-5-16-6-8-19/h1-2,4,9,16H,3,5-8H2,(H,18,21). The minimum Gasteiger partial charge on any atom is -0.367 e. The molecule has 21 heavy (non-hydrogen) atoms. The van der Waals surface area contributed by atoms with Crippen LogP contribution in [0.1, 0.15) is 12.0 Å². The van der Waals surface area contributed by atoms with E-state index in [4.69, 9.17) is 0 Å². The molecule has 0 radical (unpaired) electrons. The van der Waals surface area contributed by atoms with Crippen LogP contribution in [0.3, 0.4) is 0 Å². The van der Waals surface area contributed by atoms with E-state index in [9.17, 15) is 9.59 Å². The molecule has 1 aliphatic heterocycles. The van der Waals surface area contributed by atoms with Gasteiger partial charge in [-0.3, -0.25) is 4.79 Å². The van der Waals surface area contributed by atoms with Gasteiger partial charge >= 0.3 is 0 Å². The van der Waals surface area contributed by atoms with Crippen LogP contribution in [-0.4, -0.2) is 42.3 Å². The zero-order valence-electron chi connectivity index (χ0n) is 11.6. The van der Waals surface area contributed by atoms with Gasteiger partial charge in [-0.05, 0) is 0 Å². The first-order valence-corrected chi connectivity index (χ1v) is 6.96. The lowest BCUT2D eigenvalue weighted by atomic mass is 9.93. The van der Waals surface area contributed by atoms with Crippen LogP contribution in [0.2, 0.25) is 0 Å². The molecule has 1 aromatic rings. The maximum Gasteiger partial charge on any atom is 0.274 e. The van der Waals surface area contributed by atoms with Crippen LogP contribution in [0.5, 0.6) is 0 Å². The van der Waals surface area contributed by atoms with Gasteiger partial charge in [0.1, 0.15) is 5.94 Å². The summed E-state index contributed by atoms with van der Waals surface area (Å²) in [6.07, 6.45) is 7.68. The highest BCUT2D eigenvalue weighted by molar-refractivity contribution is 5.93.